The summed E-state index contributed by atoms with van der Waals surface area (Å²) in [6.45, 7) is 0. The van der Waals surface area contributed by atoms with Gasteiger partial charge in [-0.15, -0.1) is 10.2 Å². The summed E-state index contributed by atoms with van der Waals surface area (Å²) in [5.74, 6) is 0.832. The zero-order valence-electron chi connectivity index (χ0n) is 22.1. The summed E-state index contributed by atoms with van der Waals surface area (Å²) in [6, 6.07) is 25.2. The lowest BCUT2D eigenvalue weighted by Gasteiger charge is -2.11. The highest BCUT2D eigenvalue weighted by atomic mass is 16.2. The Morgan fingerprint density at radius 1 is 0.634 bits per heavy atom. The second-order valence-electron chi connectivity index (χ2n) is 9.96. The number of benzene rings is 2. The number of nitrogens with one attached hydrogen (secondary N) is 2. The van der Waals surface area contributed by atoms with Crippen molar-refractivity contribution in [3.8, 4) is 12.1 Å². The molecule has 10 nitrogen and oxygen atoms in total. The fourth-order valence-corrected chi connectivity index (χ4v) is 4.91. The maximum atomic E-state index is 12.4. The third-order valence-electron chi connectivity index (χ3n) is 7.07. The minimum Gasteiger partial charge on any atom is -0.309 e. The molecule has 0 radical (unpaired) electrons. The monoisotopic (exact) mass is 542 g/mol. The van der Waals surface area contributed by atoms with Crippen LogP contribution in [0.3, 0.4) is 0 Å². The van der Waals surface area contributed by atoms with Gasteiger partial charge in [-0.25, -0.2) is 0 Å². The van der Waals surface area contributed by atoms with E-state index in [1.807, 2.05) is 12.1 Å². The molecule has 2 aromatic carbocycles. The van der Waals surface area contributed by atoms with Crippen LogP contribution in [0.15, 0.2) is 72.8 Å². The predicted octanol–water partition coefficient (Wildman–Crippen LogP) is 4.42. The Kier molecular flexibility index (Phi) is 8.32. The lowest BCUT2D eigenvalue weighted by molar-refractivity contribution is -0.116. The van der Waals surface area contributed by atoms with Crippen molar-refractivity contribution in [3.05, 3.63) is 106 Å². The predicted molar refractivity (Wildman–Crippen MR) is 150 cm³/mol. The SMILES string of the molecule is N#Cc1ccc(CC(=O)Nc2ccc(C3CCC(c4ccc(NC(=O)Cc5ccc(C#N)cc5)nn4)C3)nn2)cc1. The maximum Gasteiger partial charge on any atom is 0.229 e. The number of carbonyl (C=O) groups is 2. The van der Waals surface area contributed by atoms with Gasteiger partial charge < -0.3 is 10.6 Å². The summed E-state index contributed by atoms with van der Waals surface area (Å²) in [5, 5.41) is 40.5. The Morgan fingerprint density at radius 2 is 1.05 bits per heavy atom. The van der Waals surface area contributed by atoms with Crippen LogP contribution < -0.4 is 10.6 Å². The van der Waals surface area contributed by atoms with Crippen molar-refractivity contribution in [1.29, 1.82) is 10.5 Å². The Balaban J connectivity index is 1.10. The third kappa shape index (κ3) is 7.14. The average molecular weight is 543 g/mol. The molecule has 202 valence electrons. The first-order valence-electron chi connectivity index (χ1n) is 13.2. The number of carbonyl (C=O) groups excluding carboxylic acids is 2. The minimum absolute atomic E-state index is 0.181. The first-order valence-corrected chi connectivity index (χ1v) is 13.2. The van der Waals surface area contributed by atoms with E-state index in [4.69, 9.17) is 10.5 Å². The van der Waals surface area contributed by atoms with Gasteiger partial charge in [-0.2, -0.15) is 20.7 Å². The van der Waals surface area contributed by atoms with Crippen LogP contribution in [0.5, 0.6) is 0 Å². The normalized spacial score (nSPS) is 15.9. The molecule has 2 N–H and O–H groups in total. The Bertz CT molecular complexity index is 1480. The molecule has 4 aromatic rings. The molecule has 1 aliphatic carbocycles. The molecule has 10 heteroatoms. The number of hydrogen-bond acceptors (Lipinski definition) is 8. The highest BCUT2D eigenvalue weighted by Gasteiger charge is 2.29. The second kappa shape index (κ2) is 12.6. The van der Waals surface area contributed by atoms with Gasteiger partial charge in [0, 0.05) is 11.8 Å². The number of nitriles is 2. The van der Waals surface area contributed by atoms with Crippen LogP contribution in [0.1, 0.15) is 64.7 Å². The van der Waals surface area contributed by atoms with E-state index < -0.39 is 0 Å². The fraction of sp³-hybridized carbons (Fsp3) is 0.226. The van der Waals surface area contributed by atoms with Gasteiger partial charge in [0.2, 0.25) is 11.8 Å². The Hall–Kier alpha value is -5.48. The molecule has 1 fully saturated rings. The number of nitrogens with zero attached hydrogens (tertiary/aromatic N) is 6. The summed E-state index contributed by atoms with van der Waals surface area (Å²) < 4.78 is 0. The quantitative estimate of drug-likeness (QED) is 0.331. The van der Waals surface area contributed by atoms with Gasteiger partial charge in [0.1, 0.15) is 0 Å². The molecule has 2 heterocycles. The number of amides is 2. The van der Waals surface area contributed by atoms with Gasteiger partial charge in [-0.05, 0) is 78.9 Å². The van der Waals surface area contributed by atoms with E-state index in [0.717, 1.165) is 41.8 Å². The molecule has 2 atom stereocenters. The first kappa shape index (κ1) is 27.1. The Morgan fingerprint density at radius 3 is 1.39 bits per heavy atom. The van der Waals surface area contributed by atoms with Crippen molar-refractivity contribution in [2.24, 2.45) is 0 Å². The molecule has 0 aliphatic heterocycles. The Labute approximate surface area is 237 Å². The average Bonchev–Trinajstić information content (AvgIpc) is 3.49. The number of anilines is 2. The van der Waals surface area contributed by atoms with Gasteiger partial charge in [0.25, 0.3) is 0 Å². The van der Waals surface area contributed by atoms with Crippen LogP contribution in [-0.2, 0) is 22.4 Å². The number of aromatic nitrogens is 4. The van der Waals surface area contributed by atoms with Crippen molar-refractivity contribution < 1.29 is 9.59 Å². The fourth-order valence-electron chi connectivity index (χ4n) is 4.91. The zero-order valence-corrected chi connectivity index (χ0v) is 22.1. The molecule has 2 amide bonds. The van der Waals surface area contributed by atoms with E-state index in [-0.39, 0.29) is 36.5 Å². The standard InChI is InChI=1S/C31H26N8O2/c32-18-22-5-1-20(2-6-22)15-30(40)34-28-13-11-26(36-38-28)24-9-10-25(17-24)27-12-14-29(39-37-27)35-31(41)16-21-3-7-23(19-33)8-4-21/h1-8,11-14,24-25H,9-10,15-17H2,(H,34,38,40)(H,35,39,41). The molecule has 41 heavy (non-hydrogen) atoms. The molecule has 2 unspecified atom stereocenters. The van der Waals surface area contributed by atoms with Crippen LogP contribution in [0.2, 0.25) is 0 Å². The van der Waals surface area contributed by atoms with Crippen molar-refractivity contribution in [3.63, 3.8) is 0 Å². The van der Waals surface area contributed by atoms with Crippen LogP contribution in [0.25, 0.3) is 0 Å². The lowest BCUT2D eigenvalue weighted by atomic mass is 9.99. The number of hydrogen-bond donors (Lipinski definition) is 2. The van der Waals surface area contributed by atoms with Gasteiger partial charge in [-0.1, -0.05) is 24.3 Å². The minimum atomic E-state index is -0.204. The van der Waals surface area contributed by atoms with Crippen LogP contribution >= 0.6 is 0 Å². The van der Waals surface area contributed by atoms with E-state index >= 15 is 0 Å². The van der Waals surface area contributed by atoms with Crippen molar-refractivity contribution in [2.75, 3.05) is 10.6 Å². The summed E-state index contributed by atoms with van der Waals surface area (Å²) in [6.07, 6.45) is 3.10. The lowest BCUT2D eigenvalue weighted by Crippen LogP contribution is -2.16. The molecule has 0 bridgehead atoms. The van der Waals surface area contributed by atoms with E-state index in [1.54, 1.807) is 60.7 Å². The molecular weight excluding hydrogens is 516 g/mol. The van der Waals surface area contributed by atoms with Gasteiger partial charge >= 0.3 is 0 Å². The van der Waals surface area contributed by atoms with Gasteiger partial charge in [0.05, 0.1) is 47.5 Å². The summed E-state index contributed by atoms with van der Waals surface area (Å²) in [7, 11) is 0. The summed E-state index contributed by atoms with van der Waals surface area (Å²) in [5.41, 5.74) is 4.47. The maximum absolute atomic E-state index is 12.4. The van der Waals surface area contributed by atoms with Crippen LogP contribution in [0.4, 0.5) is 11.6 Å². The molecular formula is C31H26N8O2. The molecule has 5 rings (SSSR count). The summed E-state index contributed by atoms with van der Waals surface area (Å²) >= 11 is 0. The van der Waals surface area contributed by atoms with Crippen molar-refractivity contribution in [1.82, 2.24) is 20.4 Å². The van der Waals surface area contributed by atoms with Gasteiger partial charge in [0.15, 0.2) is 11.6 Å². The second-order valence-corrected chi connectivity index (χ2v) is 9.96. The highest BCUT2D eigenvalue weighted by Crippen LogP contribution is 2.42. The molecule has 1 saturated carbocycles. The largest absolute Gasteiger partial charge is 0.309 e. The van der Waals surface area contributed by atoms with E-state index in [1.165, 1.54) is 0 Å². The highest BCUT2D eigenvalue weighted by molar-refractivity contribution is 5.91. The van der Waals surface area contributed by atoms with E-state index in [9.17, 15) is 9.59 Å². The number of rotatable bonds is 8. The molecule has 0 saturated heterocycles. The van der Waals surface area contributed by atoms with Crippen LogP contribution in [-0.4, -0.2) is 32.2 Å². The first-order chi connectivity index (χ1) is 20.0. The molecule has 0 spiro atoms. The molecule has 2 aromatic heterocycles. The van der Waals surface area contributed by atoms with Crippen molar-refractivity contribution >= 4 is 23.5 Å². The molecule has 1 aliphatic rings. The van der Waals surface area contributed by atoms with E-state index in [2.05, 4.69) is 43.2 Å². The topological polar surface area (TPSA) is 157 Å². The van der Waals surface area contributed by atoms with Crippen molar-refractivity contribution in [2.45, 2.75) is 43.9 Å². The van der Waals surface area contributed by atoms with Gasteiger partial charge in [-0.3, -0.25) is 9.59 Å². The van der Waals surface area contributed by atoms with Crippen LogP contribution in [0, 0.1) is 22.7 Å². The summed E-state index contributed by atoms with van der Waals surface area (Å²) in [4.78, 5) is 24.7. The third-order valence-corrected chi connectivity index (χ3v) is 7.07. The zero-order chi connectivity index (χ0) is 28.6. The van der Waals surface area contributed by atoms with E-state index in [0.29, 0.717) is 22.8 Å². The smallest absolute Gasteiger partial charge is 0.229 e.